The molecule has 30 heavy (non-hydrogen) atoms. The summed E-state index contributed by atoms with van der Waals surface area (Å²) in [4.78, 5) is 2.45. The predicted molar refractivity (Wildman–Crippen MR) is 119 cm³/mol. The molecule has 6 heteroatoms. The van der Waals surface area contributed by atoms with Crippen LogP contribution >= 0.6 is 0 Å². The highest BCUT2D eigenvalue weighted by atomic mass is 32.2. The summed E-state index contributed by atoms with van der Waals surface area (Å²) in [5.41, 5.74) is 5.16. The van der Waals surface area contributed by atoms with Crippen LogP contribution in [0.1, 0.15) is 38.3 Å². The molecule has 164 valence electrons. The number of halogens is 2. The fourth-order valence-electron chi connectivity index (χ4n) is 5.27. The molecule has 3 aliphatic rings. The van der Waals surface area contributed by atoms with Crippen LogP contribution in [-0.2, 0) is 23.6 Å². The molecule has 2 aliphatic carbocycles. The van der Waals surface area contributed by atoms with Crippen LogP contribution in [-0.4, -0.2) is 51.2 Å². The van der Waals surface area contributed by atoms with Crippen molar-refractivity contribution in [3.8, 4) is 0 Å². The smallest absolute Gasteiger partial charge is 0.257 e. The number of alkyl halides is 2. The van der Waals surface area contributed by atoms with Crippen molar-refractivity contribution in [2.75, 3.05) is 19.3 Å². The van der Waals surface area contributed by atoms with Crippen LogP contribution < -0.4 is 5.32 Å². The quantitative estimate of drug-likeness (QED) is 0.709. The highest BCUT2D eigenvalue weighted by Gasteiger charge is 2.44. The maximum Gasteiger partial charge on any atom is 0.257 e. The van der Waals surface area contributed by atoms with Gasteiger partial charge in [0.15, 0.2) is 0 Å². The second-order valence-electron chi connectivity index (χ2n) is 9.41. The SMILES string of the molecule is CC1C=CC(C)(S(C)=O)C2=C1N(C1Cc3ccccc3C1)CC(NCC(C)(F)F)C2. The van der Waals surface area contributed by atoms with E-state index < -0.39 is 21.5 Å². The zero-order chi connectivity index (χ0) is 21.7. The standard InChI is InChI=1S/C24H32F2N2OS/c1-16-9-10-23(2,30(4)29)21-13-19(27-15-24(3,25)26)14-28(22(16)21)20-11-17-7-5-6-8-18(17)12-20/h5-10,16,19-20,27H,11-15H2,1-4H3. The first-order chi connectivity index (χ1) is 14.1. The highest BCUT2D eigenvalue weighted by molar-refractivity contribution is 7.86. The lowest BCUT2D eigenvalue weighted by molar-refractivity contribution is 0.0177. The minimum Gasteiger partial charge on any atom is -0.369 e. The van der Waals surface area contributed by atoms with E-state index in [0.29, 0.717) is 19.0 Å². The molecule has 1 heterocycles. The van der Waals surface area contributed by atoms with Gasteiger partial charge in [-0.2, -0.15) is 0 Å². The second-order valence-corrected chi connectivity index (χ2v) is 11.2. The first-order valence-electron chi connectivity index (χ1n) is 10.8. The lowest BCUT2D eigenvalue weighted by Crippen LogP contribution is -2.55. The molecule has 0 bridgehead atoms. The van der Waals surface area contributed by atoms with E-state index in [4.69, 9.17) is 0 Å². The Labute approximate surface area is 181 Å². The van der Waals surface area contributed by atoms with Crippen molar-refractivity contribution in [1.82, 2.24) is 10.2 Å². The number of nitrogens with zero attached hydrogens (tertiary/aromatic N) is 1. The van der Waals surface area contributed by atoms with Gasteiger partial charge in [0.1, 0.15) is 0 Å². The maximum atomic E-state index is 13.6. The largest absolute Gasteiger partial charge is 0.369 e. The van der Waals surface area contributed by atoms with Gasteiger partial charge in [-0.05, 0) is 42.9 Å². The average molecular weight is 435 g/mol. The first kappa shape index (κ1) is 21.7. The zero-order valence-corrected chi connectivity index (χ0v) is 19.1. The molecule has 0 fully saturated rings. The van der Waals surface area contributed by atoms with Crippen LogP contribution in [0, 0.1) is 5.92 Å². The summed E-state index contributed by atoms with van der Waals surface area (Å²) in [5.74, 6) is -2.52. The lowest BCUT2D eigenvalue weighted by Gasteiger charge is -2.48. The Morgan fingerprint density at radius 1 is 1.23 bits per heavy atom. The van der Waals surface area contributed by atoms with Crippen LogP contribution in [0.4, 0.5) is 8.78 Å². The Balaban J connectivity index is 1.70. The van der Waals surface area contributed by atoms with Crippen molar-refractivity contribution in [2.45, 2.75) is 62.8 Å². The van der Waals surface area contributed by atoms with Crippen molar-refractivity contribution >= 4 is 10.8 Å². The van der Waals surface area contributed by atoms with Gasteiger partial charge in [0.05, 0.1) is 11.3 Å². The van der Waals surface area contributed by atoms with Crippen molar-refractivity contribution in [3.05, 3.63) is 58.8 Å². The van der Waals surface area contributed by atoms with Gasteiger partial charge in [-0.3, -0.25) is 4.21 Å². The summed E-state index contributed by atoms with van der Waals surface area (Å²) in [5, 5.41) is 3.11. The molecule has 0 saturated heterocycles. The number of hydrogen-bond acceptors (Lipinski definition) is 3. The summed E-state index contributed by atoms with van der Waals surface area (Å²) < 4.78 is 39.4. The van der Waals surface area contributed by atoms with E-state index in [9.17, 15) is 13.0 Å². The van der Waals surface area contributed by atoms with E-state index in [1.165, 1.54) is 16.8 Å². The minimum absolute atomic E-state index is 0.0835. The van der Waals surface area contributed by atoms with E-state index in [-0.39, 0.29) is 18.5 Å². The summed E-state index contributed by atoms with van der Waals surface area (Å²) in [6.07, 6.45) is 8.58. The molecule has 0 aromatic heterocycles. The topological polar surface area (TPSA) is 32.3 Å². The molecular weight excluding hydrogens is 402 g/mol. The second kappa shape index (κ2) is 7.86. The number of benzene rings is 1. The molecule has 0 saturated carbocycles. The third-order valence-electron chi connectivity index (χ3n) is 6.99. The molecule has 1 aromatic rings. The van der Waals surface area contributed by atoms with Crippen molar-refractivity contribution in [1.29, 1.82) is 0 Å². The van der Waals surface area contributed by atoms with Crippen LogP contribution in [0.5, 0.6) is 0 Å². The van der Waals surface area contributed by atoms with E-state index in [2.05, 4.69) is 53.6 Å². The Morgan fingerprint density at radius 3 is 2.43 bits per heavy atom. The summed E-state index contributed by atoms with van der Waals surface area (Å²) in [6.45, 7) is 5.54. The normalized spacial score (nSPS) is 30.4. The molecule has 3 nitrogen and oxygen atoms in total. The molecule has 4 unspecified atom stereocenters. The van der Waals surface area contributed by atoms with Crippen LogP contribution in [0.25, 0.3) is 0 Å². The van der Waals surface area contributed by atoms with E-state index in [0.717, 1.165) is 25.3 Å². The Morgan fingerprint density at radius 2 is 1.87 bits per heavy atom. The molecule has 1 aliphatic heterocycles. The van der Waals surface area contributed by atoms with E-state index in [1.54, 1.807) is 6.26 Å². The number of rotatable bonds is 5. The molecule has 0 radical (unpaired) electrons. The van der Waals surface area contributed by atoms with Gasteiger partial charge in [-0.25, -0.2) is 8.78 Å². The van der Waals surface area contributed by atoms with Crippen LogP contribution in [0.2, 0.25) is 0 Å². The Bertz CT molecular complexity index is 882. The maximum absolute atomic E-state index is 13.6. The minimum atomic E-state index is -2.75. The number of hydrogen-bond donors (Lipinski definition) is 1. The van der Waals surface area contributed by atoms with Gasteiger partial charge in [0.25, 0.3) is 5.92 Å². The van der Waals surface area contributed by atoms with Crippen LogP contribution in [0.15, 0.2) is 47.7 Å². The van der Waals surface area contributed by atoms with Gasteiger partial charge >= 0.3 is 0 Å². The number of fused-ring (bicyclic) bond motifs is 1. The van der Waals surface area contributed by atoms with Gasteiger partial charge in [-0.1, -0.05) is 43.3 Å². The van der Waals surface area contributed by atoms with Crippen molar-refractivity contribution < 1.29 is 13.0 Å². The predicted octanol–water partition coefficient (Wildman–Crippen LogP) is 4.07. The first-order valence-corrected chi connectivity index (χ1v) is 12.4. The van der Waals surface area contributed by atoms with Crippen LogP contribution in [0.3, 0.4) is 0 Å². The fraction of sp³-hybridized carbons (Fsp3) is 0.583. The molecular formula is C24H32F2N2OS. The Hall–Kier alpha value is -1.53. The summed E-state index contributed by atoms with van der Waals surface area (Å²) in [6, 6.07) is 8.77. The highest BCUT2D eigenvalue weighted by Crippen LogP contribution is 2.44. The van der Waals surface area contributed by atoms with E-state index in [1.807, 2.05) is 6.92 Å². The van der Waals surface area contributed by atoms with Gasteiger partial charge in [-0.15, -0.1) is 0 Å². The molecule has 1 N–H and O–H groups in total. The van der Waals surface area contributed by atoms with Crippen molar-refractivity contribution in [2.24, 2.45) is 5.92 Å². The average Bonchev–Trinajstić information content (AvgIpc) is 3.12. The molecule has 4 atom stereocenters. The lowest BCUT2D eigenvalue weighted by atomic mass is 9.79. The fourth-order valence-corrected chi connectivity index (χ4v) is 6.07. The molecule has 4 rings (SSSR count). The van der Waals surface area contributed by atoms with Gasteiger partial charge in [0.2, 0.25) is 0 Å². The van der Waals surface area contributed by atoms with Crippen molar-refractivity contribution in [3.63, 3.8) is 0 Å². The molecule has 1 aromatic carbocycles. The monoisotopic (exact) mass is 434 g/mol. The number of nitrogens with one attached hydrogen (secondary N) is 1. The zero-order valence-electron chi connectivity index (χ0n) is 18.3. The third-order valence-corrected chi connectivity index (χ3v) is 8.56. The number of allylic oxidation sites excluding steroid dienone is 1. The third kappa shape index (κ3) is 4.01. The van der Waals surface area contributed by atoms with E-state index >= 15 is 0 Å². The van der Waals surface area contributed by atoms with Gasteiger partial charge in [0, 0.05) is 54.2 Å². The van der Waals surface area contributed by atoms with Gasteiger partial charge < -0.3 is 10.2 Å². The molecule has 0 spiro atoms. The summed E-state index contributed by atoms with van der Waals surface area (Å²) in [7, 11) is -1.09. The Kier molecular flexibility index (Phi) is 5.69. The molecule has 0 amide bonds. The summed E-state index contributed by atoms with van der Waals surface area (Å²) >= 11 is 0.